The Hall–Kier alpha value is -1.09. The lowest BCUT2D eigenvalue weighted by Crippen LogP contribution is -2.12. The number of allylic oxidation sites excluding steroid dienone is 4. The zero-order valence-corrected chi connectivity index (χ0v) is 9.22. The van der Waals surface area contributed by atoms with E-state index in [4.69, 9.17) is 5.11 Å². The summed E-state index contributed by atoms with van der Waals surface area (Å²) in [6.07, 6.45) is 10.6. The lowest BCUT2D eigenvalue weighted by molar-refractivity contribution is -0.139. The molecule has 3 heteroatoms. The van der Waals surface area contributed by atoms with Crippen molar-refractivity contribution in [3.05, 3.63) is 24.3 Å². The maximum Gasteiger partial charge on any atom is 0.305 e. The molecule has 15 heavy (non-hydrogen) atoms. The third-order valence-corrected chi connectivity index (χ3v) is 2.01. The van der Waals surface area contributed by atoms with Crippen LogP contribution in [-0.4, -0.2) is 22.3 Å². The molecule has 86 valence electrons. The zero-order valence-electron chi connectivity index (χ0n) is 9.22. The van der Waals surface area contributed by atoms with Crippen LogP contribution in [0.2, 0.25) is 0 Å². The molecule has 0 aromatic rings. The Bertz CT molecular complexity index is 219. The summed E-state index contributed by atoms with van der Waals surface area (Å²) in [4.78, 5) is 10.2. The largest absolute Gasteiger partial charge is 0.481 e. The maximum atomic E-state index is 10.2. The van der Waals surface area contributed by atoms with Crippen molar-refractivity contribution >= 4 is 5.97 Å². The fourth-order valence-electron chi connectivity index (χ4n) is 1.23. The van der Waals surface area contributed by atoms with E-state index in [0.717, 1.165) is 19.3 Å². The van der Waals surface area contributed by atoms with Crippen LogP contribution in [-0.2, 0) is 4.79 Å². The van der Waals surface area contributed by atoms with Gasteiger partial charge in [0, 0.05) is 0 Å². The summed E-state index contributed by atoms with van der Waals surface area (Å²) in [6, 6.07) is 0. The molecule has 0 aliphatic rings. The summed E-state index contributed by atoms with van der Waals surface area (Å²) in [5, 5.41) is 17.7. The molecule has 2 N–H and O–H groups in total. The van der Waals surface area contributed by atoms with Gasteiger partial charge in [-0.1, -0.05) is 30.7 Å². The second-order valence-corrected chi connectivity index (χ2v) is 3.49. The fourth-order valence-corrected chi connectivity index (χ4v) is 1.23. The van der Waals surface area contributed by atoms with Gasteiger partial charge in [-0.2, -0.15) is 0 Å². The van der Waals surface area contributed by atoms with E-state index >= 15 is 0 Å². The SMILES string of the molecule is C/C=C/C=C/CCCCC(O)CC(=O)O. The Morgan fingerprint density at radius 2 is 2.07 bits per heavy atom. The molecule has 0 heterocycles. The number of carboxylic acid groups (broad SMARTS) is 1. The molecule has 0 spiro atoms. The van der Waals surface area contributed by atoms with Crippen molar-refractivity contribution in [3.63, 3.8) is 0 Å². The molecule has 0 rings (SSSR count). The van der Waals surface area contributed by atoms with Gasteiger partial charge in [-0.15, -0.1) is 0 Å². The van der Waals surface area contributed by atoms with Crippen LogP contribution >= 0.6 is 0 Å². The van der Waals surface area contributed by atoms with Crippen LogP contribution in [0.3, 0.4) is 0 Å². The molecule has 0 aromatic heterocycles. The molecule has 0 aromatic carbocycles. The van der Waals surface area contributed by atoms with E-state index in [9.17, 15) is 9.90 Å². The molecule has 3 nitrogen and oxygen atoms in total. The van der Waals surface area contributed by atoms with E-state index in [-0.39, 0.29) is 6.42 Å². The lowest BCUT2D eigenvalue weighted by atomic mass is 10.1. The van der Waals surface area contributed by atoms with Crippen molar-refractivity contribution in [2.24, 2.45) is 0 Å². The van der Waals surface area contributed by atoms with Crippen molar-refractivity contribution in [1.29, 1.82) is 0 Å². The number of hydrogen-bond donors (Lipinski definition) is 2. The van der Waals surface area contributed by atoms with Gasteiger partial charge in [-0.3, -0.25) is 4.79 Å². The predicted molar refractivity (Wildman–Crippen MR) is 60.7 cm³/mol. The van der Waals surface area contributed by atoms with Gasteiger partial charge in [0.05, 0.1) is 12.5 Å². The minimum atomic E-state index is -0.935. The highest BCUT2D eigenvalue weighted by molar-refractivity contribution is 5.67. The van der Waals surface area contributed by atoms with E-state index in [1.54, 1.807) is 0 Å². The quantitative estimate of drug-likeness (QED) is 0.480. The van der Waals surface area contributed by atoms with E-state index in [0.29, 0.717) is 6.42 Å². The Kier molecular flexibility index (Phi) is 8.78. The van der Waals surface area contributed by atoms with Crippen molar-refractivity contribution in [1.82, 2.24) is 0 Å². The van der Waals surface area contributed by atoms with Crippen molar-refractivity contribution in [3.8, 4) is 0 Å². The molecule has 0 radical (unpaired) electrons. The monoisotopic (exact) mass is 212 g/mol. The van der Waals surface area contributed by atoms with Crippen molar-refractivity contribution in [2.45, 2.75) is 45.1 Å². The van der Waals surface area contributed by atoms with Crippen LogP contribution in [0.25, 0.3) is 0 Å². The molecule has 0 saturated carbocycles. The summed E-state index contributed by atoms with van der Waals surface area (Å²) in [7, 11) is 0. The van der Waals surface area contributed by atoms with E-state index in [1.807, 2.05) is 25.2 Å². The average Bonchev–Trinajstić information content (AvgIpc) is 2.15. The van der Waals surface area contributed by atoms with Gasteiger partial charge < -0.3 is 10.2 Å². The third-order valence-electron chi connectivity index (χ3n) is 2.01. The topological polar surface area (TPSA) is 57.5 Å². The standard InChI is InChI=1S/C12H20O3/c1-2-3-4-5-6-7-8-9-11(13)10-12(14)15/h2-5,11,13H,6-10H2,1H3,(H,14,15)/b3-2+,5-4+. The second-order valence-electron chi connectivity index (χ2n) is 3.49. The van der Waals surface area contributed by atoms with Crippen molar-refractivity contribution < 1.29 is 15.0 Å². The van der Waals surface area contributed by atoms with Gasteiger partial charge in [0.25, 0.3) is 0 Å². The van der Waals surface area contributed by atoms with Crippen LogP contribution in [0.4, 0.5) is 0 Å². The number of hydrogen-bond acceptors (Lipinski definition) is 2. The van der Waals surface area contributed by atoms with E-state index < -0.39 is 12.1 Å². The van der Waals surface area contributed by atoms with E-state index in [2.05, 4.69) is 6.08 Å². The minimum absolute atomic E-state index is 0.144. The van der Waals surface area contributed by atoms with Gasteiger partial charge in [-0.05, 0) is 26.2 Å². The highest BCUT2D eigenvalue weighted by atomic mass is 16.4. The Balaban J connectivity index is 3.34. The van der Waals surface area contributed by atoms with Crippen LogP contribution in [0.15, 0.2) is 24.3 Å². The number of unbranched alkanes of at least 4 members (excludes halogenated alkanes) is 2. The van der Waals surface area contributed by atoms with Crippen LogP contribution in [0.5, 0.6) is 0 Å². The number of rotatable bonds is 8. The third kappa shape index (κ3) is 10.8. The summed E-state index contributed by atoms with van der Waals surface area (Å²) in [5.74, 6) is -0.935. The first-order valence-corrected chi connectivity index (χ1v) is 5.34. The maximum absolute atomic E-state index is 10.2. The Labute approximate surface area is 91.1 Å². The minimum Gasteiger partial charge on any atom is -0.481 e. The van der Waals surface area contributed by atoms with Crippen molar-refractivity contribution in [2.75, 3.05) is 0 Å². The summed E-state index contributed by atoms with van der Waals surface area (Å²) < 4.78 is 0. The van der Waals surface area contributed by atoms with Gasteiger partial charge >= 0.3 is 5.97 Å². The van der Waals surface area contributed by atoms with Gasteiger partial charge in [0.2, 0.25) is 0 Å². The zero-order chi connectivity index (χ0) is 11.5. The van der Waals surface area contributed by atoms with Crippen LogP contribution in [0.1, 0.15) is 39.0 Å². The smallest absolute Gasteiger partial charge is 0.305 e. The Morgan fingerprint density at radius 3 is 2.67 bits per heavy atom. The number of aliphatic carboxylic acids is 1. The van der Waals surface area contributed by atoms with Gasteiger partial charge in [0.1, 0.15) is 0 Å². The lowest BCUT2D eigenvalue weighted by Gasteiger charge is -2.05. The number of carboxylic acids is 1. The molecule has 0 amide bonds. The predicted octanol–water partition coefficient (Wildman–Crippen LogP) is 2.51. The number of aliphatic hydroxyl groups is 1. The molecular formula is C12H20O3. The highest BCUT2D eigenvalue weighted by Gasteiger charge is 2.07. The normalized spacial score (nSPS) is 13.7. The van der Waals surface area contributed by atoms with Gasteiger partial charge in [-0.25, -0.2) is 0 Å². The summed E-state index contributed by atoms with van der Waals surface area (Å²) in [6.45, 7) is 1.96. The Morgan fingerprint density at radius 1 is 1.33 bits per heavy atom. The van der Waals surface area contributed by atoms with Crippen LogP contribution in [0, 0.1) is 0 Å². The molecule has 0 saturated heterocycles. The molecule has 1 atom stereocenters. The molecular weight excluding hydrogens is 192 g/mol. The highest BCUT2D eigenvalue weighted by Crippen LogP contribution is 2.06. The second kappa shape index (κ2) is 9.46. The summed E-state index contributed by atoms with van der Waals surface area (Å²) >= 11 is 0. The van der Waals surface area contributed by atoms with Gasteiger partial charge in [0.15, 0.2) is 0 Å². The molecule has 0 aliphatic carbocycles. The van der Waals surface area contributed by atoms with E-state index in [1.165, 1.54) is 0 Å². The first kappa shape index (κ1) is 13.9. The first-order chi connectivity index (χ1) is 7.16. The molecule has 0 bridgehead atoms. The first-order valence-electron chi connectivity index (χ1n) is 5.34. The number of aliphatic hydroxyl groups excluding tert-OH is 1. The summed E-state index contributed by atoms with van der Waals surface area (Å²) in [5.41, 5.74) is 0. The molecule has 0 fully saturated rings. The fraction of sp³-hybridized carbons (Fsp3) is 0.583. The average molecular weight is 212 g/mol. The molecule has 0 aliphatic heterocycles. The van der Waals surface area contributed by atoms with Crippen LogP contribution < -0.4 is 0 Å². The number of carbonyl (C=O) groups is 1. The molecule has 1 unspecified atom stereocenters.